The Balaban J connectivity index is 2.32. The normalized spacial score (nSPS) is 19.4. The van der Waals surface area contributed by atoms with Gasteiger partial charge in [0.15, 0.2) is 0 Å². The fourth-order valence-corrected chi connectivity index (χ4v) is 3.15. The Labute approximate surface area is 117 Å². The molecule has 1 aromatic carbocycles. The first-order valence-corrected chi connectivity index (χ1v) is 7.38. The van der Waals surface area contributed by atoms with E-state index in [4.69, 9.17) is 4.74 Å². The molecule has 0 radical (unpaired) electrons. The Morgan fingerprint density at radius 1 is 1.16 bits per heavy atom. The third-order valence-electron chi connectivity index (χ3n) is 4.15. The molecule has 1 unspecified atom stereocenters. The van der Waals surface area contributed by atoms with Crippen LogP contribution in [-0.2, 0) is 10.2 Å². The Hall–Kier alpha value is -0.860. The maximum absolute atomic E-state index is 5.50. The minimum atomic E-state index is 0.191. The molecular weight excluding hydrogens is 234 g/mol. The van der Waals surface area contributed by atoms with Crippen molar-refractivity contribution in [1.82, 2.24) is 5.32 Å². The van der Waals surface area contributed by atoms with Crippen LogP contribution in [0.2, 0.25) is 0 Å². The fourth-order valence-electron chi connectivity index (χ4n) is 3.15. The molecule has 1 heterocycles. The summed E-state index contributed by atoms with van der Waals surface area (Å²) in [6.07, 6.45) is 2.31. The molecule has 2 rings (SSSR count). The summed E-state index contributed by atoms with van der Waals surface area (Å²) in [7, 11) is 2.08. The molecule has 1 saturated heterocycles. The Morgan fingerprint density at radius 2 is 1.79 bits per heavy atom. The van der Waals surface area contributed by atoms with Crippen LogP contribution < -0.4 is 5.32 Å². The monoisotopic (exact) mass is 261 g/mol. The van der Waals surface area contributed by atoms with Gasteiger partial charge in [0, 0.05) is 19.3 Å². The zero-order valence-corrected chi connectivity index (χ0v) is 12.7. The standard InChI is InChI=1S/C17H27NO/c1-17(2,3)15-8-6-5-7-14(15)16(18-4)13-9-11-19-12-10-13/h5-8,13,16,18H,9-12H2,1-4H3. The van der Waals surface area contributed by atoms with Gasteiger partial charge in [0.25, 0.3) is 0 Å². The number of hydrogen-bond acceptors (Lipinski definition) is 2. The van der Waals surface area contributed by atoms with Crippen molar-refractivity contribution < 1.29 is 4.74 Å². The van der Waals surface area contributed by atoms with Crippen molar-refractivity contribution in [3.63, 3.8) is 0 Å². The first-order valence-electron chi connectivity index (χ1n) is 7.38. The van der Waals surface area contributed by atoms with Crippen LogP contribution in [0.25, 0.3) is 0 Å². The van der Waals surface area contributed by atoms with E-state index < -0.39 is 0 Å². The molecule has 1 N–H and O–H groups in total. The van der Waals surface area contributed by atoms with E-state index in [1.807, 2.05) is 0 Å². The third kappa shape index (κ3) is 3.37. The highest BCUT2D eigenvalue weighted by atomic mass is 16.5. The highest BCUT2D eigenvalue weighted by molar-refractivity contribution is 5.35. The molecule has 2 heteroatoms. The molecule has 0 saturated carbocycles. The lowest BCUT2D eigenvalue weighted by Gasteiger charge is -2.34. The summed E-state index contributed by atoms with van der Waals surface area (Å²) in [5, 5.41) is 3.54. The van der Waals surface area contributed by atoms with Gasteiger partial charge in [-0.3, -0.25) is 0 Å². The molecule has 1 aliphatic heterocycles. The fraction of sp³-hybridized carbons (Fsp3) is 0.647. The molecule has 0 amide bonds. The van der Waals surface area contributed by atoms with Crippen LogP contribution in [0.1, 0.15) is 50.8 Å². The highest BCUT2D eigenvalue weighted by Gasteiger charge is 2.28. The van der Waals surface area contributed by atoms with Crippen molar-refractivity contribution in [3.8, 4) is 0 Å². The number of ether oxygens (including phenoxy) is 1. The van der Waals surface area contributed by atoms with Crippen molar-refractivity contribution >= 4 is 0 Å². The Bertz CT molecular complexity index is 402. The summed E-state index contributed by atoms with van der Waals surface area (Å²) in [5.74, 6) is 0.683. The van der Waals surface area contributed by atoms with E-state index in [0.29, 0.717) is 12.0 Å². The van der Waals surface area contributed by atoms with E-state index in [1.165, 1.54) is 11.1 Å². The van der Waals surface area contributed by atoms with Gasteiger partial charge in [0.05, 0.1) is 0 Å². The van der Waals surface area contributed by atoms with E-state index in [2.05, 4.69) is 57.4 Å². The first kappa shape index (κ1) is 14.5. The summed E-state index contributed by atoms with van der Waals surface area (Å²) < 4.78 is 5.50. The van der Waals surface area contributed by atoms with Crippen molar-refractivity contribution in [1.29, 1.82) is 0 Å². The number of benzene rings is 1. The maximum Gasteiger partial charge on any atom is 0.0469 e. The van der Waals surface area contributed by atoms with Crippen LogP contribution in [0.15, 0.2) is 24.3 Å². The third-order valence-corrected chi connectivity index (χ3v) is 4.15. The molecule has 2 nitrogen and oxygen atoms in total. The number of nitrogens with one attached hydrogen (secondary N) is 1. The van der Waals surface area contributed by atoms with Gasteiger partial charge in [-0.25, -0.2) is 0 Å². The second-order valence-corrected chi connectivity index (χ2v) is 6.55. The molecule has 1 aromatic rings. The zero-order valence-electron chi connectivity index (χ0n) is 12.7. The average Bonchev–Trinajstić information content (AvgIpc) is 2.40. The lowest BCUT2D eigenvalue weighted by Crippen LogP contribution is -2.32. The van der Waals surface area contributed by atoms with E-state index >= 15 is 0 Å². The largest absolute Gasteiger partial charge is 0.381 e. The summed E-state index contributed by atoms with van der Waals surface area (Å²) >= 11 is 0. The molecule has 1 fully saturated rings. The van der Waals surface area contributed by atoms with Crippen LogP contribution >= 0.6 is 0 Å². The molecule has 19 heavy (non-hydrogen) atoms. The van der Waals surface area contributed by atoms with Crippen molar-refractivity contribution in [2.45, 2.75) is 45.1 Å². The van der Waals surface area contributed by atoms with E-state index in [1.54, 1.807) is 0 Å². The quantitative estimate of drug-likeness (QED) is 0.896. The molecule has 1 atom stereocenters. The molecule has 0 spiro atoms. The molecule has 0 bridgehead atoms. The van der Waals surface area contributed by atoms with Crippen molar-refractivity contribution in [3.05, 3.63) is 35.4 Å². The minimum Gasteiger partial charge on any atom is -0.381 e. The van der Waals surface area contributed by atoms with Crippen molar-refractivity contribution in [2.75, 3.05) is 20.3 Å². The van der Waals surface area contributed by atoms with Crippen molar-refractivity contribution in [2.24, 2.45) is 5.92 Å². The SMILES string of the molecule is CNC(c1ccccc1C(C)(C)C)C1CCOCC1. The van der Waals surface area contributed by atoms with Gasteiger partial charge in [-0.2, -0.15) is 0 Å². The van der Waals surface area contributed by atoms with Gasteiger partial charge < -0.3 is 10.1 Å². The van der Waals surface area contributed by atoms with E-state index in [-0.39, 0.29) is 5.41 Å². The predicted octanol–water partition coefficient (Wildman–Crippen LogP) is 3.67. The van der Waals surface area contributed by atoms with Crippen LogP contribution in [0.5, 0.6) is 0 Å². The summed E-state index contributed by atoms with van der Waals surface area (Å²) in [4.78, 5) is 0. The van der Waals surface area contributed by atoms with Gasteiger partial charge in [-0.1, -0.05) is 45.0 Å². The lowest BCUT2D eigenvalue weighted by molar-refractivity contribution is 0.0544. The smallest absolute Gasteiger partial charge is 0.0469 e. The van der Waals surface area contributed by atoms with Crippen LogP contribution in [-0.4, -0.2) is 20.3 Å². The van der Waals surface area contributed by atoms with Crippen LogP contribution in [0.4, 0.5) is 0 Å². The summed E-state index contributed by atoms with van der Waals surface area (Å²) in [6, 6.07) is 9.32. The Kier molecular flexibility index (Phi) is 4.64. The molecule has 0 aliphatic carbocycles. The molecule has 0 aromatic heterocycles. The Morgan fingerprint density at radius 3 is 2.37 bits per heavy atom. The predicted molar refractivity (Wildman–Crippen MR) is 80.5 cm³/mol. The van der Waals surface area contributed by atoms with Gasteiger partial charge in [-0.15, -0.1) is 0 Å². The van der Waals surface area contributed by atoms with Crippen LogP contribution in [0.3, 0.4) is 0 Å². The first-order chi connectivity index (χ1) is 9.04. The van der Waals surface area contributed by atoms with Gasteiger partial charge in [-0.05, 0) is 42.3 Å². The summed E-state index contributed by atoms with van der Waals surface area (Å²) in [5.41, 5.74) is 3.11. The lowest BCUT2D eigenvalue weighted by atomic mass is 9.78. The van der Waals surface area contributed by atoms with Gasteiger partial charge >= 0.3 is 0 Å². The topological polar surface area (TPSA) is 21.3 Å². The molecule has 106 valence electrons. The van der Waals surface area contributed by atoms with Gasteiger partial charge in [0.1, 0.15) is 0 Å². The average molecular weight is 261 g/mol. The molecule has 1 aliphatic rings. The zero-order chi connectivity index (χ0) is 13.9. The highest BCUT2D eigenvalue weighted by Crippen LogP contribution is 2.35. The van der Waals surface area contributed by atoms with E-state index in [9.17, 15) is 0 Å². The second kappa shape index (κ2) is 6.06. The minimum absolute atomic E-state index is 0.191. The van der Waals surface area contributed by atoms with Gasteiger partial charge in [0.2, 0.25) is 0 Å². The maximum atomic E-state index is 5.50. The number of hydrogen-bond donors (Lipinski definition) is 1. The summed E-state index contributed by atoms with van der Waals surface area (Å²) in [6.45, 7) is 8.69. The number of rotatable bonds is 3. The second-order valence-electron chi connectivity index (χ2n) is 6.55. The van der Waals surface area contributed by atoms with Crippen LogP contribution in [0, 0.1) is 5.92 Å². The van der Waals surface area contributed by atoms with E-state index in [0.717, 1.165) is 26.1 Å². The molecular formula is C17H27NO.